The second kappa shape index (κ2) is 6.66. The number of rotatable bonds is 6. The van der Waals surface area contributed by atoms with Crippen LogP contribution < -0.4 is 5.32 Å². The van der Waals surface area contributed by atoms with Gasteiger partial charge in [-0.05, 0) is 18.5 Å². The number of carbonyl (C=O) groups excluding carboxylic acids is 1. The lowest BCUT2D eigenvalue weighted by atomic mass is 10.1. The smallest absolute Gasteiger partial charge is 0.369 e. The van der Waals surface area contributed by atoms with Gasteiger partial charge in [0.05, 0.1) is 0 Å². The molecule has 0 spiro atoms. The Morgan fingerprint density at radius 3 is 2.50 bits per heavy atom. The Morgan fingerprint density at radius 2 is 2.00 bits per heavy atom. The number of hydrogen-bond donors (Lipinski definition) is 3. The number of phosphoric acid groups is 1. The van der Waals surface area contributed by atoms with E-state index in [2.05, 4.69) is 9.84 Å². The van der Waals surface area contributed by atoms with Crippen molar-refractivity contribution in [1.29, 1.82) is 0 Å². The molecule has 7 heteroatoms. The first-order chi connectivity index (χ1) is 8.42. The highest BCUT2D eigenvalue weighted by Gasteiger charge is 2.27. The molecular weight excluding hydrogens is 257 g/mol. The predicted molar refractivity (Wildman–Crippen MR) is 65.7 cm³/mol. The van der Waals surface area contributed by atoms with E-state index in [1.165, 1.54) is 0 Å². The molecule has 0 amide bonds. The van der Waals surface area contributed by atoms with E-state index in [0.29, 0.717) is 13.0 Å². The van der Waals surface area contributed by atoms with Crippen LogP contribution >= 0.6 is 7.82 Å². The zero-order valence-corrected chi connectivity index (χ0v) is 10.8. The highest BCUT2D eigenvalue weighted by molar-refractivity contribution is 7.46. The molecule has 0 saturated heterocycles. The minimum Gasteiger partial charge on any atom is -0.369 e. The van der Waals surface area contributed by atoms with Crippen LogP contribution in [-0.4, -0.2) is 28.3 Å². The van der Waals surface area contributed by atoms with Gasteiger partial charge in [-0.2, -0.15) is 0 Å². The molecule has 1 atom stereocenters. The third-order valence-electron chi connectivity index (χ3n) is 2.23. The van der Waals surface area contributed by atoms with Crippen LogP contribution in [0.2, 0.25) is 0 Å². The molecule has 1 aromatic rings. The van der Waals surface area contributed by atoms with E-state index in [1.54, 1.807) is 6.92 Å². The van der Waals surface area contributed by atoms with Crippen LogP contribution in [0, 0.1) is 0 Å². The summed E-state index contributed by atoms with van der Waals surface area (Å²) < 4.78 is 14.7. The lowest BCUT2D eigenvalue weighted by Gasteiger charge is -2.16. The molecule has 3 N–H and O–H groups in total. The molecule has 0 unspecified atom stereocenters. The molecule has 0 fully saturated rings. The van der Waals surface area contributed by atoms with Crippen LogP contribution in [0.4, 0.5) is 0 Å². The van der Waals surface area contributed by atoms with E-state index in [9.17, 15) is 9.36 Å². The Bertz CT molecular complexity index is 430. The summed E-state index contributed by atoms with van der Waals surface area (Å²) in [4.78, 5) is 28.8. The Kier molecular flexibility index (Phi) is 5.50. The molecule has 6 nitrogen and oxygen atoms in total. The van der Waals surface area contributed by atoms with Crippen molar-refractivity contribution in [2.45, 2.75) is 19.4 Å². The van der Waals surface area contributed by atoms with Crippen LogP contribution in [0.1, 0.15) is 12.5 Å². The number of phosphoric ester groups is 1. The van der Waals surface area contributed by atoms with Crippen molar-refractivity contribution >= 4 is 13.8 Å². The monoisotopic (exact) mass is 273 g/mol. The van der Waals surface area contributed by atoms with Crippen LogP contribution in [-0.2, 0) is 20.3 Å². The topological polar surface area (TPSA) is 95.9 Å². The van der Waals surface area contributed by atoms with Crippen LogP contribution in [0.5, 0.6) is 0 Å². The second-order valence-electron chi connectivity index (χ2n) is 3.70. The SMILES string of the molecule is CCN[C@@H](Cc1ccccc1)C(=O)OP(=O)(O)O. The minimum atomic E-state index is -4.79. The average Bonchev–Trinajstić information content (AvgIpc) is 2.27. The molecule has 0 radical (unpaired) electrons. The van der Waals surface area contributed by atoms with Gasteiger partial charge in [0.2, 0.25) is 0 Å². The van der Waals surface area contributed by atoms with Crippen LogP contribution in [0.3, 0.4) is 0 Å². The summed E-state index contributed by atoms with van der Waals surface area (Å²) in [6.07, 6.45) is 0.313. The molecule has 1 rings (SSSR count). The zero-order valence-electron chi connectivity index (χ0n) is 9.94. The fourth-order valence-electron chi connectivity index (χ4n) is 1.52. The lowest BCUT2D eigenvalue weighted by Crippen LogP contribution is -2.39. The molecule has 0 aliphatic rings. The number of nitrogens with one attached hydrogen (secondary N) is 1. The first-order valence-corrected chi connectivity index (χ1v) is 7.01. The van der Waals surface area contributed by atoms with E-state index in [-0.39, 0.29) is 0 Å². The summed E-state index contributed by atoms with van der Waals surface area (Å²) in [5, 5.41) is 2.84. The number of benzene rings is 1. The molecule has 0 bridgehead atoms. The van der Waals surface area contributed by atoms with Crippen LogP contribution in [0.15, 0.2) is 30.3 Å². The lowest BCUT2D eigenvalue weighted by molar-refractivity contribution is -0.138. The van der Waals surface area contributed by atoms with E-state index < -0.39 is 19.8 Å². The minimum absolute atomic E-state index is 0.313. The maximum absolute atomic E-state index is 11.6. The maximum Gasteiger partial charge on any atom is 0.527 e. The van der Waals surface area contributed by atoms with E-state index in [0.717, 1.165) is 5.56 Å². The summed E-state index contributed by atoms with van der Waals surface area (Å²) in [6.45, 7) is 2.29. The van der Waals surface area contributed by atoms with Gasteiger partial charge >= 0.3 is 13.8 Å². The first-order valence-electron chi connectivity index (χ1n) is 5.48. The highest BCUT2D eigenvalue weighted by atomic mass is 31.2. The van der Waals surface area contributed by atoms with E-state index in [4.69, 9.17) is 9.79 Å². The first kappa shape index (κ1) is 14.9. The Morgan fingerprint density at radius 1 is 1.39 bits per heavy atom. The summed E-state index contributed by atoms with van der Waals surface area (Å²) >= 11 is 0. The van der Waals surface area contributed by atoms with Crippen molar-refractivity contribution in [2.24, 2.45) is 0 Å². The van der Waals surface area contributed by atoms with Crippen LogP contribution in [0.25, 0.3) is 0 Å². The standard InChI is InChI=1S/C11H16NO5P/c1-2-12-10(11(13)17-18(14,15)16)8-9-6-4-3-5-7-9/h3-7,10,12H,2,8H2,1H3,(H2,14,15,16)/t10-/m0/s1. The quantitative estimate of drug-likeness (QED) is 0.665. The predicted octanol–water partition coefficient (Wildman–Crippen LogP) is 0.843. The van der Waals surface area contributed by atoms with Gasteiger partial charge in [-0.25, -0.2) is 9.36 Å². The van der Waals surface area contributed by atoms with Crippen molar-refractivity contribution in [3.05, 3.63) is 35.9 Å². The van der Waals surface area contributed by atoms with Gasteiger partial charge in [0.15, 0.2) is 0 Å². The second-order valence-corrected chi connectivity index (χ2v) is 4.86. The molecule has 1 aromatic carbocycles. The van der Waals surface area contributed by atoms with Gasteiger partial charge in [-0.1, -0.05) is 37.3 Å². The Balaban J connectivity index is 2.71. The third kappa shape index (κ3) is 5.42. The van der Waals surface area contributed by atoms with Gasteiger partial charge in [-0.3, -0.25) is 9.79 Å². The number of hydrogen-bond acceptors (Lipinski definition) is 4. The zero-order chi connectivity index (χ0) is 13.6. The average molecular weight is 273 g/mol. The number of carbonyl (C=O) groups is 1. The Labute approximate surface area is 105 Å². The van der Waals surface area contributed by atoms with Gasteiger partial charge in [-0.15, -0.1) is 0 Å². The molecule has 0 aliphatic carbocycles. The fourth-order valence-corrected chi connectivity index (χ4v) is 1.88. The molecule has 0 saturated carbocycles. The van der Waals surface area contributed by atoms with Crippen molar-refractivity contribution in [1.82, 2.24) is 5.32 Å². The molecule has 0 heterocycles. The summed E-state index contributed by atoms with van der Waals surface area (Å²) in [7, 11) is -4.79. The van der Waals surface area contributed by atoms with Crippen molar-refractivity contribution in [2.75, 3.05) is 6.54 Å². The Hall–Kier alpha value is -1.20. The molecule has 100 valence electrons. The molecule has 18 heavy (non-hydrogen) atoms. The molecular formula is C11H16NO5P. The van der Waals surface area contributed by atoms with Crippen molar-refractivity contribution in [3.63, 3.8) is 0 Å². The number of likely N-dealkylation sites (N-methyl/N-ethyl adjacent to an activating group) is 1. The van der Waals surface area contributed by atoms with E-state index in [1.807, 2.05) is 30.3 Å². The summed E-state index contributed by atoms with van der Waals surface area (Å²) in [5.41, 5.74) is 0.881. The molecule has 0 aromatic heterocycles. The third-order valence-corrected chi connectivity index (χ3v) is 2.64. The van der Waals surface area contributed by atoms with Gasteiger partial charge < -0.3 is 9.84 Å². The summed E-state index contributed by atoms with van der Waals surface area (Å²) in [6, 6.07) is 8.38. The van der Waals surface area contributed by atoms with Crippen molar-refractivity contribution < 1.29 is 23.7 Å². The fraction of sp³-hybridized carbons (Fsp3) is 0.364. The largest absolute Gasteiger partial charge is 0.527 e. The molecule has 0 aliphatic heterocycles. The van der Waals surface area contributed by atoms with Crippen molar-refractivity contribution in [3.8, 4) is 0 Å². The maximum atomic E-state index is 11.6. The van der Waals surface area contributed by atoms with Gasteiger partial charge in [0.25, 0.3) is 0 Å². The normalized spacial score (nSPS) is 13.1. The van der Waals surface area contributed by atoms with Gasteiger partial charge in [0.1, 0.15) is 6.04 Å². The van der Waals surface area contributed by atoms with Gasteiger partial charge in [0, 0.05) is 0 Å². The summed E-state index contributed by atoms with van der Waals surface area (Å²) in [5.74, 6) is -0.950. The highest BCUT2D eigenvalue weighted by Crippen LogP contribution is 2.36. The van der Waals surface area contributed by atoms with E-state index >= 15 is 0 Å².